The summed E-state index contributed by atoms with van der Waals surface area (Å²) in [5.74, 6) is -0.144. The monoisotopic (exact) mass is 390 g/mol. The molecule has 0 aliphatic carbocycles. The number of pyridine rings is 2. The molecule has 0 spiro atoms. The van der Waals surface area contributed by atoms with E-state index in [4.69, 9.17) is 0 Å². The molecule has 0 saturated carbocycles. The molecule has 29 heavy (non-hydrogen) atoms. The van der Waals surface area contributed by atoms with E-state index < -0.39 is 0 Å². The number of carbonyl (C=O) groups excluding carboxylic acids is 2. The summed E-state index contributed by atoms with van der Waals surface area (Å²) < 4.78 is 1.76. The van der Waals surface area contributed by atoms with E-state index in [1.165, 1.54) is 0 Å². The number of rotatable bonds is 5. The van der Waals surface area contributed by atoms with Crippen molar-refractivity contribution in [1.29, 1.82) is 0 Å². The van der Waals surface area contributed by atoms with Gasteiger partial charge in [-0.2, -0.15) is 0 Å². The number of nitrogens with one attached hydrogen (secondary N) is 1. The van der Waals surface area contributed by atoms with Gasteiger partial charge in [0.1, 0.15) is 5.69 Å². The number of amides is 2. The van der Waals surface area contributed by atoms with E-state index >= 15 is 0 Å². The minimum Gasteiger partial charge on any atom is -0.352 e. The first-order chi connectivity index (χ1) is 14.1. The largest absolute Gasteiger partial charge is 0.352 e. The SMILES string of the molecule is Cn1cnc(C(=O)N2CCc3ncc(CNC(=O)Cc4cccnc4)cc3C2)c1. The molecule has 0 bridgehead atoms. The van der Waals surface area contributed by atoms with Crippen molar-refractivity contribution >= 4 is 11.8 Å². The molecule has 1 aliphatic rings. The Labute approximate surface area is 168 Å². The molecule has 3 aromatic heterocycles. The average Bonchev–Trinajstić information content (AvgIpc) is 3.18. The maximum Gasteiger partial charge on any atom is 0.274 e. The van der Waals surface area contributed by atoms with Crippen LogP contribution in [0.3, 0.4) is 0 Å². The number of imidazole rings is 1. The van der Waals surface area contributed by atoms with Gasteiger partial charge in [0.05, 0.1) is 12.7 Å². The molecule has 1 aliphatic heterocycles. The van der Waals surface area contributed by atoms with Crippen molar-refractivity contribution in [2.24, 2.45) is 7.05 Å². The normalized spacial score (nSPS) is 13.1. The summed E-state index contributed by atoms with van der Waals surface area (Å²) in [5.41, 5.74) is 4.25. The van der Waals surface area contributed by atoms with Gasteiger partial charge in [-0.15, -0.1) is 0 Å². The molecule has 0 aromatic carbocycles. The highest BCUT2D eigenvalue weighted by Crippen LogP contribution is 2.20. The van der Waals surface area contributed by atoms with Gasteiger partial charge in [-0.25, -0.2) is 4.98 Å². The Bertz CT molecular complexity index is 1030. The van der Waals surface area contributed by atoms with Gasteiger partial charge in [0.25, 0.3) is 5.91 Å². The van der Waals surface area contributed by atoms with Gasteiger partial charge >= 0.3 is 0 Å². The van der Waals surface area contributed by atoms with E-state index in [9.17, 15) is 9.59 Å². The molecule has 4 rings (SSSR count). The van der Waals surface area contributed by atoms with Crippen molar-refractivity contribution in [2.75, 3.05) is 6.54 Å². The molecular weight excluding hydrogens is 368 g/mol. The summed E-state index contributed by atoms with van der Waals surface area (Å²) in [6, 6.07) is 5.71. The van der Waals surface area contributed by atoms with Crippen molar-refractivity contribution in [3.63, 3.8) is 0 Å². The third kappa shape index (κ3) is 4.48. The maximum absolute atomic E-state index is 12.7. The molecule has 0 fully saturated rings. The zero-order valence-electron chi connectivity index (χ0n) is 16.2. The van der Waals surface area contributed by atoms with Crippen LogP contribution in [0.25, 0.3) is 0 Å². The molecule has 4 heterocycles. The second-order valence-corrected chi connectivity index (χ2v) is 7.17. The maximum atomic E-state index is 12.7. The summed E-state index contributed by atoms with van der Waals surface area (Å²) in [5, 5.41) is 2.92. The van der Waals surface area contributed by atoms with Gasteiger partial charge in [-0.1, -0.05) is 6.07 Å². The molecule has 1 N–H and O–H groups in total. The molecule has 2 amide bonds. The van der Waals surface area contributed by atoms with Gasteiger partial charge in [-0.05, 0) is 28.8 Å². The molecular formula is C21H22N6O2. The van der Waals surface area contributed by atoms with Crippen LogP contribution in [0.1, 0.15) is 32.9 Å². The van der Waals surface area contributed by atoms with E-state index in [1.54, 1.807) is 40.6 Å². The smallest absolute Gasteiger partial charge is 0.274 e. The number of carbonyl (C=O) groups is 2. The van der Waals surface area contributed by atoms with E-state index in [0.29, 0.717) is 38.2 Å². The summed E-state index contributed by atoms with van der Waals surface area (Å²) in [4.78, 5) is 39.3. The van der Waals surface area contributed by atoms with E-state index in [1.807, 2.05) is 25.2 Å². The minimum atomic E-state index is -0.0774. The fourth-order valence-electron chi connectivity index (χ4n) is 3.38. The lowest BCUT2D eigenvalue weighted by atomic mass is 10.0. The number of nitrogens with zero attached hydrogens (tertiary/aromatic N) is 5. The molecule has 8 heteroatoms. The number of hydrogen-bond donors (Lipinski definition) is 1. The van der Waals surface area contributed by atoms with Gasteiger partial charge in [0.2, 0.25) is 5.91 Å². The summed E-state index contributed by atoms with van der Waals surface area (Å²) in [7, 11) is 1.84. The number of aryl methyl sites for hydroxylation is 1. The Morgan fingerprint density at radius 2 is 2.10 bits per heavy atom. The summed E-state index contributed by atoms with van der Waals surface area (Å²) >= 11 is 0. The quantitative estimate of drug-likeness (QED) is 0.708. The Morgan fingerprint density at radius 1 is 1.21 bits per heavy atom. The minimum absolute atomic E-state index is 0.0670. The molecule has 148 valence electrons. The summed E-state index contributed by atoms with van der Waals surface area (Å²) in [6.45, 7) is 1.51. The predicted molar refractivity (Wildman–Crippen MR) is 106 cm³/mol. The van der Waals surface area contributed by atoms with Crippen molar-refractivity contribution in [3.8, 4) is 0 Å². The molecule has 8 nitrogen and oxygen atoms in total. The van der Waals surface area contributed by atoms with Gasteiger partial charge in [0, 0.05) is 63.6 Å². The fraction of sp³-hybridized carbons (Fsp3) is 0.286. The van der Waals surface area contributed by atoms with Crippen LogP contribution >= 0.6 is 0 Å². The highest BCUT2D eigenvalue weighted by atomic mass is 16.2. The van der Waals surface area contributed by atoms with E-state index in [0.717, 1.165) is 22.4 Å². The van der Waals surface area contributed by atoms with E-state index in [2.05, 4.69) is 20.3 Å². The number of hydrogen-bond acceptors (Lipinski definition) is 5. The Balaban J connectivity index is 1.38. The second kappa shape index (κ2) is 8.22. The van der Waals surface area contributed by atoms with Crippen LogP contribution in [-0.4, -0.2) is 42.8 Å². The van der Waals surface area contributed by atoms with Crippen molar-refractivity contribution < 1.29 is 9.59 Å². The standard InChI is InChI=1S/C21H22N6O2/c1-26-13-19(25-14-26)21(29)27-6-4-18-17(12-27)7-16(10-23-18)11-24-20(28)8-15-3-2-5-22-9-15/h2-3,5,7,9-10,13-14H,4,6,8,11-12H2,1H3,(H,24,28). The van der Waals surface area contributed by atoms with Gasteiger partial charge in [-0.3, -0.25) is 19.6 Å². The second-order valence-electron chi connectivity index (χ2n) is 7.17. The zero-order chi connectivity index (χ0) is 20.2. The van der Waals surface area contributed by atoms with Crippen LogP contribution in [0.4, 0.5) is 0 Å². The predicted octanol–water partition coefficient (Wildman–Crippen LogP) is 1.27. The van der Waals surface area contributed by atoms with Crippen LogP contribution in [0.5, 0.6) is 0 Å². The Morgan fingerprint density at radius 3 is 2.86 bits per heavy atom. The lowest BCUT2D eigenvalue weighted by Gasteiger charge is -2.28. The molecule has 0 unspecified atom stereocenters. The third-order valence-corrected chi connectivity index (χ3v) is 4.88. The summed E-state index contributed by atoms with van der Waals surface area (Å²) in [6.07, 6.45) is 9.51. The van der Waals surface area contributed by atoms with Crippen LogP contribution in [0.2, 0.25) is 0 Å². The van der Waals surface area contributed by atoms with Crippen LogP contribution in [0.15, 0.2) is 49.3 Å². The van der Waals surface area contributed by atoms with Gasteiger partial charge < -0.3 is 14.8 Å². The average molecular weight is 390 g/mol. The Hall–Kier alpha value is -3.55. The molecule has 3 aromatic rings. The zero-order valence-corrected chi connectivity index (χ0v) is 16.2. The third-order valence-electron chi connectivity index (χ3n) is 4.88. The molecule has 0 atom stereocenters. The van der Waals surface area contributed by atoms with E-state index in [-0.39, 0.29) is 11.8 Å². The first-order valence-electron chi connectivity index (χ1n) is 9.48. The lowest BCUT2D eigenvalue weighted by Crippen LogP contribution is -2.36. The van der Waals surface area contributed by atoms with Crippen molar-refractivity contribution in [1.82, 2.24) is 29.7 Å². The highest BCUT2D eigenvalue weighted by molar-refractivity contribution is 5.92. The Kier molecular flexibility index (Phi) is 5.33. The lowest BCUT2D eigenvalue weighted by molar-refractivity contribution is -0.120. The van der Waals surface area contributed by atoms with Crippen LogP contribution < -0.4 is 5.32 Å². The van der Waals surface area contributed by atoms with Crippen LogP contribution in [0, 0.1) is 0 Å². The topological polar surface area (TPSA) is 93.0 Å². The van der Waals surface area contributed by atoms with Gasteiger partial charge in [0.15, 0.2) is 0 Å². The van der Waals surface area contributed by atoms with Crippen molar-refractivity contribution in [2.45, 2.75) is 25.9 Å². The fourth-order valence-corrected chi connectivity index (χ4v) is 3.38. The van der Waals surface area contributed by atoms with Crippen LogP contribution in [-0.2, 0) is 37.8 Å². The first kappa shape index (κ1) is 18.8. The number of aromatic nitrogens is 4. The number of fused-ring (bicyclic) bond motifs is 1. The first-order valence-corrected chi connectivity index (χ1v) is 9.48. The van der Waals surface area contributed by atoms with Crippen molar-refractivity contribution in [3.05, 3.63) is 77.4 Å². The molecule has 0 saturated heterocycles. The highest BCUT2D eigenvalue weighted by Gasteiger charge is 2.24. The molecule has 0 radical (unpaired) electrons.